The molecule has 144 valence electrons. The molecule has 0 aliphatic rings. The number of amides is 1. The highest BCUT2D eigenvalue weighted by Crippen LogP contribution is 2.10. The first kappa shape index (κ1) is 20.6. The second kappa shape index (κ2) is 9.29. The third-order valence-corrected chi connectivity index (χ3v) is 5.33. The zero-order valence-electron chi connectivity index (χ0n) is 15.0. The van der Waals surface area contributed by atoms with Crippen molar-refractivity contribution in [2.24, 2.45) is 5.73 Å². The molecule has 1 amide bonds. The third kappa shape index (κ3) is 6.50. The van der Waals surface area contributed by atoms with E-state index in [2.05, 4.69) is 10.1 Å². The van der Waals surface area contributed by atoms with E-state index in [4.69, 9.17) is 5.73 Å². The maximum Gasteiger partial charge on any atom is 0.320 e. The smallest absolute Gasteiger partial charge is 0.320 e. The fourth-order valence-corrected chi connectivity index (χ4v) is 3.65. The van der Waals surface area contributed by atoms with Crippen LogP contribution >= 0.6 is 0 Å². The van der Waals surface area contributed by atoms with E-state index in [1.165, 1.54) is 0 Å². The minimum absolute atomic E-state index is 0.205. The molecule has 2 aromatic carbocycles. The highest BCUT2D eigenvalue weighted by atomic mass is 32.2. The molecule has 0 aliphatic carbocycles. The summed E-state index contributed by atoms with van der Waals surface area (Å²) in [5.74, 6) is -1.89. The van der Waals surface area contributed by atoms with Crippen molar-refractivity contribution in [2.75, 3.05) is 12.9 Å². The summed E-state index contributed by atoms with van der Waals surface area (Å²) in [7, 11) is -2.43. The van der Waals surface area contributed by atoms with Gasteiger partial charge in [-0.05, 0) is 28.8 Å². The first-order valence-electron chi connectivity index (χ1n) is 8.25. The summed E-state index contributed by atoms with van der Waals surface area (Å²) in [5.41, 5.74) is 8.41. The van der Waals surface area contributed by atoms with Gasteiger partial charge in [0.25, 0.3) is 5.91 Å². The number of benzene rings is 2. The fraction of sp³-hybridized carbons (Fsp3) is 0.263. The van der Waals surface area contributed by atoms with E-state index in [9.17, 15) is 18.0 Å². The summed E-state index contributed by atoms with van der Waals surface area (Å²) < 4.78 is 28.2. The molecule has 0 bridgehead atoms. The van der Waals surface area contributed by atoms with Crippen LogP contribution in [0.5, 0.6) is 0 Å². The molecule has 3 N–H and O–H groups in total. The van der Waals surface area contributed by atoms with Crippen LogP contribution in [0.3, 0.4) is 0 Å². The molecule has 7 nitrogen and oxygen atoms in total. The average Bonchev–Trinajstić information content (AvgIpc) is 2.66. The van der Waals surface area contributed by atoms with Gasteiger partial charge >= 0.3 is 5.97 Å². The van der Waals surface area contributed by atoms with Gasteiger partial charge in [0.05, 0.1) is 12.9 Å². The highest BCUT2D eigenvalue weighted by Gasteiger charge is 2.17. The number of hydrogen-bond donors (Lipinski definition) is 2. The van der Waals surface area contributed by atoms with Crippen molar-refractivity contribution in [1.29, 1.82) is 0 Å². The number of nitrogens with two attached hydrogens (primary N) is 1. The lowest BCUT2D eigenvalue weighted by Crippen LogP contribution is -2.22. The molecule has 27 heavy (non-hydrogen) atoms. The summed E-state index contributed by atoms with van der Waals surface area (Å²) in [5, 5.41) is 2.80. The average molecular weight is 390 g/mol. The second-order valence-corrected chi connectivity index (χ2v) is 8.07. The number of carbonyl (C=O) groups is 2. The molecule has 0 saturated heterocycles. The normalized spacial score (nSPS) is 11.0. The van der Waals surface area contributed by atoms with Crippen LogP contribution in [0.2, 0.25) is 0 Å². The van der Waals surface area contributed by atoms with Crippen molar-refractivity contribution in [1.82, 2.24) is 5.32 Å². The van der Waals surface area contributed by atoms with Gasteiger partial charge in [0.2, 0.25) is 0 Å². The molecule has 0 atom stereocenters. The van der Waals surface area contributed by atoms with Crippen molar-refractivity contribution in [3.05, 3.63) is 70.8 Å². The Labute approximate surface area is 158 Å². The van der Waals surface area contributed by atoms with Gasteiger partial charge in [-0.1, -0.05) is 36.4 Å². The van der Waals surface area contributed by atoms with E-state index in [1.807, 2.05) is 0 Å². The van der Waals surface area contributed by atoms with E-state index in [0.717, 1.165) is 18.2 Å². The van der Waals surface area contributed by atoms with Crippen molar-refractivity contribution >= 4 is 21.7 Å². The number of hydrogen-bond acceptors (Lipinski definition) is 6. The molecule has 0 spiro atoms. The van der Waals surface area contributed by atoms with Gasteiger partial charge in [0.15, 0.2) is 9.84 Å². The number of carbonyl (C=O) groups excluding carboxylic acids is 2. The van der Waals surface area contributed by atoms with Gasteiger partial charge in [-0.15, -0.1) is 0 Å². The van der Waals surface area contributed by atoms with Crippen LogP contribution in [-0.2, 0) is 38.2 Å². The quantitative estimate of drug-likeness (QED) is 0.654. The molecule has 0 unspecified atom stereocenters. The van der Waals surface area contributed by atoms with Crippen molar-refractivity contribution < 1.29 is 22.7 Å². The molecular formula is C19H22N2O5S. The Morgan fingerprint density at radius 1 is 0.963 bits per heavy atom. The predicted molar refractivity (Wildman–Crippen MR) is 101 cm³/mol. The van der Waals surface area contributed by atoms with Crippen LogP contribution in [0, 0.1) is 0 Å². The lowest BCUT2D eigenvalue weighted by Gasteiger charge is -2.08. The van der Waals surface area contributed by atoms with Gasteiger partial charge in [0.1, 0.15) is 5.75 Å². The SMILES string of the molecule is COC(=O)CS(=O)(=O)Cc1ccc(CNC(=O)c2ccc(CN)cc2)cc1. The molecule has 8 heteroatoms. The number of sulfone groups is 1. The largest absolute Gasteiger partial charge is 0.468 e. The maximum absolute atomic E-state index is 12.1. The Kier molecular flexibility index (Phi) is 7.09. The number of methoxy groups -OCH3 is 1. The van der Waals surface area contributed by atoms with Gasteiger partial charge in [-0.2, -0.15) is 0 Å². The monoisotopic (exact) mass is 390 g/mol. The maximum atomic E-state index is 12.1. The first-order chi connectivity index (χ1) is 12.8. The zero-order chi connectivity index (χ0) is 19.9. The van der Waals surface area contributed by atoms with Gasteiger partial charge in [-0.25, -0.2) is 8.42 Å². The predicted octanol–water partition coefficient (Wildman–Crippen LogP) is 1.16. The van der Waals surface area contributed by atoms with Crippen molar-refractivity contribution in [3.63, 3.8) is 0 Å². The van der Waals surface area contributed by atoms with E-state index in [-0.39, 0.29) is 11.7 Å². The summed E-state index contributed by atoms with van der Waals surface area (Å²) in [4.78, 5) is 23.3. The molecule has 0 fully saturated rings. The summed E-state index contributed by atoms with van der Waals surface area (Å²) in [6, 6.07) is 13.8. The van der Waals surface area contributed by atoms with Crippen LogP contribution < -0.4 is 11.1 Å². The van der Waals surface area contributed by atoms with Gasteiger partial charge in [-0.3, -0.25) is 9.59 Å². The van der Waals surface area contributed by atoms with Crippen LogP contribution in [-0.4, -0.2) is 33.2 Å². The van der Waals surface area contributed by atoms with E-state index in [0.29, 0.717) is 24.2 Å². The summed E-state index contributed by atoms with van der Waals surface area (Å²) >= 11 is 0. The Morgan fingerprint density at radius 2 is 1.52 bits per heavy atom. The lowest BCUT2D eigenvalue weighted by atomic mass is 10.1. The zero-order valence-corrected chi connectivity index (χ0v) is 15.8. The molecule has 2 aromatic rings. The molecule has 0 aliphatic heterocycles. The molecule has 0 radical (unpaired) electrons. The topological polar surface area (TPSA) is 116 Å². The number of esters is 1. The fourth-order valence-electron chi connectivity index (χ4n) is 2.37. The first-order valence-corrected chi connectivity index (χ1v) is 10.1. The molecule has 0 saturated carbocycles. The molecular weight excluding hydrogens is 368 g/mol. The Morgan fingerprint density at radius 3 is 2.07 bits per heavy atom. The van der Waals surface area contributed by atoms with E-state index in [1.54, 1.807) is 48.5 Å². The molecule has 0 aromatic heterocycles. The Hall–Kier alpha value is -2.71. The minimum Gasteiger partial charge on any atom is -0.468 e. The number of ether oxygens (including phenoxy) is 1. The summed E-state index contributed by atoms with van der Waals surface area (Å²) in [6.07, 6.45) is 0. The van der Waals surface area contributed by atoms with E-state index >= 15 is 0 Å². The van der Waals surface area contributed by atoms with Crippen LogP contribution in [0.4, 0.5) is 0 Å². The number of nitrogens with one attached hydrogen (secondary N) is 1. The second-order valence-electron chi connectivity index (χ2n) is 6.01. The minimum atomic E-state index is -3.58. The number of rotatable bonds is 8. The van der Waals surface area contributed by atoms with Gasteiger partial charge < -0.3 is 15.8 Å². The van der Waals surface area contributed by atoms with Crippen molar-refractivity contribution in [3.8, 4) is 0 Å². The standard InChI is InChI=1S/C19H22N2O5S/c1-26-18(22)13-27(24,25)12-16-4-2-15(3-5-16)11-21-19(23)17-8-6-14(10-20)7-9-17/h2-9H,10-13,20H2,1H3,(H,21,23). The summed E-state index contributed by atoms with van der Waals surface area (Å²) in [6.45, 7) is 0.732. The Bertz CT molecular complexity index is 891. The Balaban J connectivity index is 1.91. The molecule has 0 heterocycles. The molecule has 2 rings (SSSR count). The van der Waals surface area contributed by atoms with Crippen LogP contribution in [0.15, 0.2) is 48.5 Å². The van der Waals surface area contributed by atoms with Gasteiger partial charge in [0, 0.05) is 18.7 Å². The van der Waals surface area contributed by atoms with Crippen LogP contribution in [0.25, 0.3) is 0 Å². The van der Waals surface area contributed by atoms with E-state index < -0.39 is 21.6 Å². The van der Waals surface area contributed by atoms with Crippen LogP contribution in [0.1, 0.15) is 27.0 Å². The van der Waals surface area contributed by atoms with Crippen molar-refractivity contribution in [2.45, 2.75) is 18.8 Å². The highest BCUT2D eigenvalue weighted by molar-refractivity contribution is 7.91. The lowest BCUT2D eigenvalue weighted by molar-refractivity contribution is -0.137. The third-order valence-electron chi connectivity index (χ3n) is 3.88.